The average molecular weight is 373 g/mol. The molecule has 2 atom stereocenters. The number of aryl methyl sites for hydroxylation is 1. The summed E-state index contributed by atoms with van der Waals surface area (Å²) in [7, 11) is 0. The van der Waals surface area contributed by atoms with Crippen molar-refractivity contribution in [3.63, 3.8) is 0 Å². The van der Waals surface area contributed by atoms with Gasteiger partial charge in [-0.1, -0.05) is 24.3 Å². The Morgan fingerprint density at radius 3 is 2.88 bits per heavy atom. The van der Waals surface area contributed by atoms with Crippen molar-refractivity contribution in [2.24, 2.45) is 0 Å². The Bertz CT molecular complexity index is 862. The molecule has 2 aromatic rings. The van der Waals surface area contributed by atoms with Gasteiger partial charge < -0.3 is 14.6 Å². The van der Waals surface area contributed by atoms with Crippen molar-refractivity contribution < 1.29 is 14.0 Å². The van der Waals surface area contributed by atoms with E-state index in [1.807, 2.05) is 17.0 Å². The molecule has 5 nitrogen and oxygen atoms in total. The lowest BCUT2D eigenvalue weighted by Crippen LogP contribution is -2.52. The normalized spacial score (nSPS) is 25.2. The summed E-state index contributed by atoms with van der Waals surface area (Å²) in [6.07, 6.45) is 3.66. The van der Waals surface area contributed by atoms with Crippen LogP contribution in [0.25, 0.3) is 0 Å². The van der Waals surface area contributed by atoms with Gasteiger partial charge in [-0.25, -0.2) is 0 Å². The van der Waals surface area contributed by atoms with Gasteiger partial charge in [0.15, 0.2) is 11.0 Å². The molecule has 26 heavy (non-hydrogen) atoms. The summed E-state index contributed by atoms with van der Waals surface area (Å²) in [6.45, 7) is 2.42. The third kappa shape index (κ3) is 2.90. The lowest BCUT2D eigenvalue weighted by atomic mass is 9.87. The first-order chi connectivity index (χ1) is 12.5. The van der Waals surface area contributed by atoms with Crippen LogP contribution >= 0.6 is 11.6 Å². The molecule has 6 heteroatoms. The van der Waals surface area contributed by atoms with Crippen molar-refractivity contribution in [3.8, 4) is 0 Å². The average Bonchev–Trinajstić information content (AvgIpc) is 3.19. The molecule has 0 saturated carbocycles. The zero-order chi connectivity index (χ0) is 18.3. The topological polar surface area (TPSA) is 62.6 Å². The summed E-state index contributed by atoms with van der Waals surface area (Å²) in [6, 6.07) is 11.4. The molecular formula is C20H21ClN2O3. The van der Waals surface area contributed by atoms with Crippen LogP contribution in [0.2, 0.25) is 5.22 Å². The number of hydrogen-bond acceptors (Lipinski definition) is 3. The van der Waals surface area contributed by atoms with Crippen LogP contribution in [0.4, 0.5) is 0 Å². The number of likely N-dealkylation sites (tertiary alicyclic amines) is 1. The number of fused-ring (bicyclic) bond motifs is 1. The molecular weight excluding hydrogens is 352 g/mol. The number of rotatable bonds is 3. The summed E-state index contributed by atoms with van der Waals surface area (Å²) in [5.74, 6) is -0.339. The minimum absolute atomic E-state index is 0.0368. The monoisotopic (exact) mass is 372 g/mol. The lowest BCUT2D eigenvalue weighted by Gasteiger charge is -2.34. The van der Waals surface area contributed by atoms with Crippen LogP contribution < -0.4 is 5.32 Å². The minimum atomic E-state index is -0.928. The Hall–Kier alpha value is -2.27. The first-order valence-electron chi connectivity index (χ1n) is 8.95. The molecule has 2 unspecified atom stereocenters. The molecule has 0 radical (unpaired) electrons. The smallest absolute Gasteiger partial charge is 0.287 e. The molecule has 1 saturated heterocycles. The fourth-order valence-corrected chi connectivity index (χ4v) is 4.23. The third-order valence-electron chi connectivity index (χ3n) is 5.49. The van der Waals surface area contributed by atoms with Gasteiger partial charge in [0.25, 0.3) is 5.91 Å². The molecule has 4 rings (SSSR count). The van der Waals surface area contributed by atoms with E-state index in [0.29, 0.717) is 13.0 Å². The summed E-state index contributed by atoms with van der Waals surface area (Å²) in [4.78, 5) is 27.5. The molecule has 1 aliphatic carbocycles. The Kier molecular flexibility index (Phi) is 4.27. The predicted molar refractivity (Wildman–Crippen MR) is 98.0 cm³/mol. The Morgan fingerprint density at radius 1 is 1.31 bits per heavy atom. The maximum absolute atomic E-state index is 13.2. The molecule has 2 aliphatic rings. The zero-order valence-corrected chi connectivity index (χ0v) is 15.4. The van der Waals surface area contributed by atoms with E-state index in [-0.39, 0.29) is 22.9 Å². The number of nitrogens with zero attached hydrogens (tertiary/aromatic N) is 1. The number of nitrogens with one attached hydrogen (secondary N) is 1. The largest absolute Gasteiger partial charge is 0.440 e. The third-order valence-corrected chi connectivity index (χ3v) is 5.69. The van der Waals surface area contributed by atoms with E-state index in [9.17, 15) is 9.59 Å². The number of benzene rings is 1. The maximum Gasteiger partial charge on any atom is 0.287 e. The van der Waals surface area contributed by atoms with E-state index in [0.717, 1.165) is 19.3 Å². The Balaban J connectivity index is 1.54. The molecule has 1 aromatic carbocycles. The Morgan fingerprint density at radius 2 is 2.12 bits per heavy atom. The summed E-state index contributed by atoms with van der Waals surface area (Å²) >= 11 is 5.74. The molecule has 0 bridgehead atoms. The molecule has 2 heterocycles. The number of carbonyl (C=O) groups excluding carboxylic acids is 2. The van der Waals surface area contributed by atoms with Crippen molar-refractivity contribution >= 4 is 23.4 Å². The van der Waals surface area contributed by atoms with Crippen molar-refractivity contribution in [2.45, 2.75) is 44.2 Å². The second-order valence-corrected chi connectivity index (χ2v) is 7.62. The van der Waals surface area contributed by atoms with Gasteiger partial charge in [-0.2, -0.15) is 0 Å². The second kappa shape index (κ2) is 6.47. The van der Waals surface area contributed by atoms with E-state index >= 15 is 0 Å². The molecule has 136 valence electrons. The molecule has 0 spiro atoms. The van der Waals surface area contributed by atoms with Crippen LogP contribution in [0.3, 0.4) is 0 Å². The SMILES string of the molecule is CC1(NC(=O)c2ccc(Cl)o2)CCN(C2CCCc3ccccc32)C1=O. The van der Waals surface area contributed by atoms with Gasteiger partial charge in [-0.3, -0.25) is 9.59 Å². The van der Waals surface area contributed by atoms with E-state index in [2.05, 4.69) is 17.4 Å². The van der Waals surface area contributed by atoms with Crippen LogP contribution in [0.15, 0.2) is 40.8 Å². The van der Waals surface area contributed by atoms with Crippen molar-refractivity contribution in [1.82, 2.24) is 10.2 Å². The van der Waals surface area contributed by atoms with Crippen LogP contribution in [0.1, 0.15) is 53.9 Å². The highest BCUT2D eigenvalue weighted by atomic mass is 35.5. The zero-order valence-electron chi connectivity index (χ0n) is 14.6. The van der Waals surface area contributed by atoms with Crippen LogP contribution in [-0.4, -0.2) is 28.8 Å². The van der Waals surface area contributed by atoms with Crippen LogP contribution in [0.5, 0.6) is 0 Å². The fraction of sp³-hybridized carbons (Fsp3) is 0.400. The van der Waals surface area contributed by atoms with Crippen molar-refractivity contribution in [2.75, 3.05) is 6.54 Å². The highest BCUT2D eigenvalue weighted by Crippen LogP contribution is 2.38. The first kappa shape index (κ1) is 17.2. The first-order valence-corrected chi connectivity index (χ1v) is 9.32. The fourth-order valence-electron chi connectivity index (χ4n) is 4.08. The van der Waals surface area contributed by atoms with Gasteiger partial charge in [-0.15, -0.1) is 0 Å². The predicted octanol–water partition coefficient (Wildman–Crippen LogP) is 3.73. The molecule has 1 aliphatic heterocycles. The van der Waals surface area contributed by atoms with Gasteiger partial charge in [0, 0.05) is 6.54 Å². The number of furan rings is 1. The van der Waals surface area contributed by atoms with Gasteiger partial charge in [0.1, 0.15) is 5.54 Å². The lowest BCUT2D eigenvalue weighted by molar-refractivity contribution is -0.134. The van der Waals surface area contributed by atoms with Crippen molar-refractivity contribution in [1.29, 1.82) is 0 Å². The summed E-state index contributed by atoms with van der Waals surface area (Å²) in [5.41, 5.74) is 1.63. The minimum Gasteiger partial charge on any atom is -0.440 e. The molecule has 2 amide bonds. The number of halogens is 1. The van der Waals surface area contributed by atoms with Gasteiger partial charge >= 0.3 is 0 Å². The van der Waals surface area contributed by atoms with E-state index in [4.69, 9.17) is 16.0 Å². The standard InChI is InChI=1S/C20H21ClN2O3/c1-20(22-18(24)16-9-10-17(21)26-16)11-12-23(19(20)25)15-8-4-6-13-5-2-3-7-14(13)15/h2-3,5,7,9-10,15H,4,6,8,11-12H2,1H3,(H,22,24). The molecule has 1 N–H and O–H groups in total. The molecule has 1 fully saturated rings. The van der Waals surface area contributed by atoms with E-state index < -0.39 is 11.4 Å². The number of carbonyl (C=O) groups is 2. The summed E-state index contributed by atoms with van der Waals surface area (Å²) in [5, 5.41) is 3.00. The number of amides is 2. The van der Waals surface area contributed by atoms with Gasteiger partial charge in [-0.05, 0) is 67.5 Å². The van der Waals surface area contributed by atoms with E-state index in [1.165, 1.54) is 23.3 Å². The van der Waals surface area contributed by atoms with Gasteiger partial charge in [0.05, 0.1) is 6.04 Å². The van der Waals surface area contributed by atoms with E-state index in [1.54, 1.807) is 6.92 Å². The quantitative estimate of drug-likeness (QED) is 0.892. The number of hydrogen-bond donors (Lipinski definition) is 1. The highest BCUT2D eigenvalue weighted by Gasteiger charge is 2.47. The summed E-state index contributed by atoms with van der Waals surface area (Å²) < 4.78 is 5.15. The van der Waals surface area contributed by atoms with Crippen LogP contribution in [0, 0.1) is 0 Å². The van der Waals surface area contributed by atoms with Crippen LogP contribution in [-0.2, 0) is 11.2 Å². The van der Waals surface area contributed by atoms with Gasteiger partial charge in [0.2, 0.25) is 5.91 Å². The molecule has 1 aromatic heterocycles. The maximum atomic E-state index is 13.2. The van der Waals surface area contributed by atoms with Crippen molar-refractivity contribution in [3.05, 3.63) is 58.5 Å². The second-order valence-electron chi connectivity index (χ2n) is 7.25. The highest BCUT2D eigenvalue weighted by molar-refractivity contribution is 6.29. The Labute approximate surface area is 157 Å².